The molecule has 1 amide bonds. The highest BCUT2D eigenvalue weighted by atomic mass is 16.2. The number of hydrogen-bond donors (Lipinski definition) is 0. The molecule has 1 aliphatic heterocycles. The third kappa shape index (κ3) is 3.00. The predicted molar refractivity (Wildman–Crippen MR) is 119 cm³/mol. The van der Waals surface area contributed by atoms with Crippen LogP contribution in [0, 0.1) is 18.8 Å². The van der Waals surface area contributed by atoms with Crippen LogP contribution in [0.3, 0.4) is 0 Å². The topological polar surface area (TPSA) is 51.0 Å². The van der Waals surface area contributed by atoms with Crippen LogP contribution in [0.1, 0.15) is 77.2 Å². The number of carbonyl (C=O) groups excluding carboxylic acids is 1. The Balaban J connectivity index is 1.70. The molecule has 2 atom stereocenters. The van der Waals surface area contributed by atoms with Crippen LogP contribution in [0.5, 0.6) is 0 Å². The summed E-state index contributed by atoms with van der Waals surface area (Å²) in [5.74, 6) is 2.21. The van der Waals surface area contributed by atoms with E-state index in [1.54, 1.807) is 0 Å². The third-order valence-electron chi connectivity index (χ3n) is 7.74. The second kappa shape index (κ2) is 7.51. The highest BCUT2D eigenvalue weighted by Gasteiger charge is 2.55. The van der Waals surface area contributed by atoms with Crippen molar-refractivity contribution in [2.24, 2.45) is 11.8 Å². The minimum Gasteiger partial charge on any atom is -0.277 e. The first-order chi connectivity index (χ1) is 14.5. The van der Waals surface area contributed by atoms with Crippen molar-refractivity contribution in [2.45, 2.75) is 90.1 Å². The molecular formula is C25H34N4O. The molecule has 160 valence electrons. The SMILES string of the molecule is Cc1ccc(-c2nc3n(n2)C2(CCCCC2)C2CCCCC2N3C(=O)C(C)C)cc1. The van der Waals surface area contributed by atoms with E-state index in [-0.39, 0.29) is 23.4 Å². The summed E-state index contributed by atoms with van der Waals surface area (Å²) in [6.45, 7) is 6.11. The first-order valence-electron chi connectivity index (χ1n) is 11.9. The number of carbonyl (C=O) groups is 1. The van der Waals surface area contributed by atoms with Gasteiger partial charge in [-0.05, 0) is 32.6 Å². The van der Waals surface area contributed by atoms with Gasteiger partial charge in [0.25, 0.3) is 0 Å². The van der Waals surface area contributed by atoms with Gasteiger partial charge in [0.1, 0.15) is 0 Å². The van der Waals surface area contributed by atoms with Gasteiger partial charge in [0.05, 0.1) is 5.54 Å². The maximum absolute atomic E-state index is 13.4. The molecule has 5 nitrogen and oxygen atoms in total. The molecule has 5 rings (SSSR count). The Morgan fingerprint density at radius 2 is 1.73 bits per heavy atom. The molecule has 3 aliphatic rings. The minimum absolute atomic E-state index is 0.0301. The zero-order valence-electron chi connectivity index (χ0n) is 18.6. The molecule has 1 aromatic carbocycles. The van der Waals surface area contributed by atoms with E-state index in [2.05, 4.69) is 40.8 Å². The summed E-state index contributed by atoms with van der Waals surface area (Å²) in [4.78, 5) is 20.5. The smallest absolute Gasteiger partial charge is 0.232 e. The second-order valence-corrected chi connectivity index (χ2v) is 10.00. The Kier molecular flexibility index (Phi) is 4.95. The molecule has 2 aliphatic carbocycles. The molecule has 30 heavy (non-hydrogen) atoms. The monoisotopic (exact) mass is 406 g/mol. The van der Waals surface area contributed by atoms with E-state index in [1.165, 1.54) is 56.9 Å². The summed E-state index contributed by atoms with van der Waals surface area (Å²) in [5, 5.41) is 5.12. The van der Waals surface area contributed by atoms with Crippen LogP contribution in [-0.2, 0) is 10.3 Å². The third-order valence-corrected chi connectivity index (χ3v) is 7.74. The summed E-state index contributed by atoms with van der Waals surface area (Å²) in [5.41, 5.74) is 2.30. The summed E-state index contributed by atoms with van der Waals surface area (Å²) in [7, 11) is 0. The first-order valence-corrected chi connectivity index (χ1v) is 11.9. The summed E-state index contributed by atoms with van der Waals surface area (Å²) >= 11 is 0. The van der Waals surface area contributed by atoms with Crippen molar-refractivity contribution < 1.29 is 4.79 Å². The van der Waals surface area contributed by atoms with Gasteiger partial charge in [-0.15, -0.1) is 5.10 Å². The van der Waals surface area contributed by atoms with Crippen molar-refractivity contribution in [3.05, 3.63) is 29.8 Å². The van der Waals surface area contributed by atoms with Crippen LogP contribution in [0.4, 0.5) is 5.95 Å². The molecule has 2 fully saturated rings. The van der Waals surface area contributed by atoms with Crippen LogP contribution in [0.2, 0.25) is 0 Å². The quantitative estimate of drug-likeness (QED) is 0.664. The lowest BCUT2D eigenvalue weighted by molar-refractivity contribution is -0.123. The molecule has 2 aromatic rings. The normalized spacial score (nSPS) is 25.3. The zero-order valence-corrected chi connectivity index (χ0v) is 18.6. The molecular weight excluding hydrogens is 372 g/mol. The van der Waals surface area contributed by atoms with Gasteiger partial charge in [-0.1, -0.05) is 75.8 Å². The lowest BCUT2D eigenvalue weighted by Crippen LogP contribution is -2.62. The molecule has 1 aromatic heterocycles. The average Bonchev–Trinajstić information content (AvgIpc) is 3.21. The Labute approximate surface area is 179 Å². The van der Waals surface area contributed by atoms with E-state index in [1.807, 2.05) is 13.8 Å². The maximum Gasteiger partial charge on any atom is 0.232 e. The highest BCUT2D eigenvalue weighted by Crippen LogP contribution is 2.53. The lowest BCUT2D eigenvalue weighted by atomic mass is 9.64. The van der Waals surface area contributed by atoms with Gasteiger partial charge in [0.15, 0.2) is 5.82 Å². The maximum atomic E-state index is 13.4. The molecule has 2 saturated carbocycles. The largest absolute Gasteiger partial charge is 0.277 e. The van der Waals surface area contributed by atoms with Gasteiger partial charge < -0.3 is 0 Å². The molecule has 2 heterocycles. The molecule has 0 bridgehead atoms. The van der Waals surface area contributed by atoms with Gasteiger partial charge in [-0.25, -0.2) is 4.68 Å². The Morgan fingerprint density at radius 3 is 2.43 bits per heavy atom. The van der Waals surface area contributed by atoms with E-state index in [9.17, 15) is 4.79 Å². The molecule has 2 unspecified atom stereocenters. The van der Waals surface area contributed by atoms with Crippen molar-refractivity contribution in [1.29, 1.82) is 0 Å². The van der Waals surface area contributed by atoms with Crippen LogP contribution in [0.15, 0.2) is 24.3 Å². The molecule has 0 radical (unpaired) electrons. The van der Waals surface area contributed by atoms with Gasteiger partial charge in [0, 0.05) is 23.4 Å². The Hall–Kier alpha value is -2.17. The van der Waals surface area contributed by atoms with Gasteiger partial charge in [-0.3, -0.25) is 9.69 Å². The minimum atomic E-state index is -0.0408. The standard InChI is InChI=1S/C25H34N4O/c1-17(2)23(30)28-21-10-6-5-9-20(21)25(15-7-4-8-16-25)29-24(28)26-22(27-29)19-13-11-18(3)12-14-19/h11-14,17,20-21H,4-10,15-16H2,1-3H3. The van der Waals surface area contributed by atoms with Crippen molar-refractivity contribution in [3.63, 3.8) is 0 Å². The van der Waals surface area contributed by atoms with Crippen molar-refractivity contribution in [1.82, 2.24) is 14.8 Å². The second-order valence-electron chi connectivity index (χ2n) is 10.00. The molecule has 0 saturated heterocycles. The first kappa shape index (κ1) is 19.8. The lowest BCUT2D eigenvalue weighted by Gasteiger charge is -2.55. The molecule has 5 heteroatoms. The zero-order chi connectivity index (χ0) is 20.9. The fourth-order valence-corrected chi connectivity index (χ4v) is 6.22. The van der Waals surface area contributed by atoms with Crippen LogP contribution in [0.25, 0.3) is 11.4 Å². The number of aryl methyl sites for hydroxylation is 1. The van der Waals surface area contributed by atoms with Crippen molar-refractivity contribution in [3.8, 4) is 11.4 Å². The van der Waals surface area contributed by atoms with Crippen molar-refractivity contribution in [2.75, 3.05) is 4.90 Å². The number of anilines is 1. The van der Waals surface area contributed by atoms with Crippen LogP contribution >= 0.6 is 0 Å². The van der Waals surface area contributed by atoms with Crippen LogP contribution < -0.4 is 4.90 Å². The van der Waals surface area contributed by atoms with Crippen molar-refractivity contribution >= 4 is 11.9 Å². The van der Waals surface area contributed by atoms with E-state index in [4.69, 9.17) is 10.1 Å². The Morgan fingerprint density at radius 1 is 1.03 bits per heavy atom. The number of fused-ring (bicyclic) bond motifs is 4. The Bertz CT molecular complexity index is 923. The summed E-state index contributed by atoms with van der Waals surface area (Å²) in [6.07, 6.45) is 10.9. The predicted octanol–water partition coefficient (Wildman–Crippen LogP) is 5.47. The average molecular weight is 407 g/mol. The van der Waals surface area contributed by atoms with Gasteiger partial charge in [-0.2, -0.15) is 4.98 Å². The number of rotatable bonds is 2. The van der Waals surface area contributed by atoms with E-state index < -0.39 is 0 Å². The van der Waals surface area contributed by atoms with E-state index in [0.717, 1.165) is 23.8 Å². The fraction of sp³-hybridized carbons (Fsp3) is 0.640. The van der Waals surface area contributed by atoms with E-state index >= 15 is 0 Å². The fourth-order valence-electron chi connectivity index (χ4n) is 6.22. The summed E-state index contributed by atoms with van der Waals surface area (Å²) in [6, 6.07) is 8.71. The number of benzene rings is 1. The van der Waals surface area contributed by atoms with Gasteiger partial charge in [0.2, 0.25) is 11.9 Å². The van der Waals surface area contributed by atoms with E-state index in [0.29, 0.717) is 5.92 Å². The van der Waals surface area contributed by atoms with Crippen LogP contribution in [-0.4, -0.2) is 26.7 Å². The molecule has 1 spiro atoms. The number of nitrogens with zero attached hydrogens (tertiary/aromatic N) is 4. The number of aromatic nitrogens is 3. The highest BCUT2D eigenvalue weighted by molar-refractivity contribution is 5.94. The number of amides is 1. The van der Waals surface area contributed by atoms with Gasteiger partial charge >= 0.3 is 0 Å². The molecule has 0 N–H and O–H groups in total. The number of hydrogen-bond acceptors (Lipinski definition) is 3. The summed E-state index contributed by atoms with van der Waals surface area (Å²) < 4.78 is 2.22.